The van der Waals surface area contributed by atoms with Crippen molar-refractivity contribution in [2.75, 3.05) is 12.4 Å². The Hall–Kier alpha value is -1.66. The zero-order valence-electron chi connectivity index (χ0n) is 11.0. The van der Waals surface area contributed by atoms with Gasteiger partial charge < -0.3 is 10.6 Å². The highest BCUT2D eigenvalue weighted by Gasteiger charge is 2.14. The van der Waals surface area contributed by atoms with Crippen molar-refractivity contribution in [1.29, 1.82) is 0 Å². The van der Waals surface area contributed by atoms with Crippen molar-refractivity contribution in [2.45, 2.75) is 6.92 Å². The van der Waals surface area contributed by atoms with Gasteiger partial charge in [-0.25, -0.2) is 0 Å². The predicted molar refractivity (Wildman–Crippen MR) is 84.5 cm³/mol. The van der Waals surface area contributed by atoms with Crippen LogP contribution < -0.4 is 10.6 Å². The van der Waals surface area contributed by atoms with Gasteiger partial charge in [0.1, 0.15) is 4.88 Å². The number of amides is 2. The molecule has 2 aromatic rings. The van der Waals surface area contributed by atoms with E-state index in [1.165, 1.54) is 11.3 Å². The number of carbonyl (C=O) groups is 2. The molecule has 0 aliphatic heterocycles. The number of hydrogen-bond donors (Lipinski definition) is 2. The molecule has 6 heteroatoms. The van der Waals surface area contributed by atoms with Crippen LogP contribution in [0.5, 0.6) is 0 Å². The summed E-state index contributed by atoms with van der Waals surface area (Å²) >= 11 is 4.69. The number of thiophene rings is 1. The van der Waals surface area contributed by atoms with Gasteiger partial charge in [-0.2, -0.15) is 0 Å². The van der Waals surface area contributed by atoms with Gasteiger partial charge in [0.25, 0.3) is 11.8 Å². The Morgan fingerprint density at radius 1 is 1.20 bits per heavy atom. The lowest BCUT2D eigenvalue weighted by Gasteiger charge is -2.09. The Morgan fingerprint density at radius 3 is 2.55 bits per heavy atom. The van der Waals surface area contributed by atoms with Crippen LogP contribution in [0.3, 0.4) is 0 Å². The van der Waals surface area contributed by atoms with Crippen LogP contribution in [0.25, 0.3) is 0 Å². The van der Waals surface area contributed by atoms with E-state index >= 15 is 0 Å². The second-order valence-corrected chi connectivity index (χ2v) is 5.93. The van der Waals surface area contributed by atoms with Gasteiger partial charge in [-0.05, 0) is 52.0 Å². The fraction of sp³-hybridized carbons (Fsp3) is 0.143. The highest BCUT2D eigenvalue weighted by Crippen LogP contribution is 2.25. The highest BCUT2D eigenvalue weighted by molar-refractivity contribution is 9.10. The molecule has 1 aromatic carbocycles. The lowest BCUT2D eigenvalue weighted by molar-refractivity contribution is 0.0961. The predicted octanol–water partition coefficient (Wildman–Crippen LogP) is 3.43. The van der Waals surface area contributed by atoms with Crippen molar-refractivity contribution < 1.29 is 9.59 Å². The van der Waals surface area contributed by atoms with E-state index in [1.807, 2.05) is 24.4 Å². The smallest absolute Gasteiger partial charge is 0.266 e. The number of carbonyl (C=O) groups excluding carboxylic acids is 2. The third kappa shape index (κ3) is 3.08. The molecule has 0 unspecified atom stereocenters. The fourth-order valence-electron chi connectivity index (χ4n) is 1.68. The van der Waals surface area contributed by atoms with Crippen LogP contribution in [0.2, 0.25) is 0 Å². The van der Waals surface area contributed by atoms with Crippen LogP contribution >= 0.6 is 27.3 Å². The lowest BCUT2D eigenvalue weighted by atomic mass is 10.1. The summed E-state index contributed by atoms with van der Waals surface area (Å²) in [7, 11) is 1.57. The minimum Gasteiger partial charge on any atom is -0.355 e. The molecule has 0 radical (unpaired) electrons. The molecule has 2 N–H and O–H groups in total. The van der Waals surface area contributed by atoms with Gasteiger partial charge in [-0.1, -0.05) is 6.07 Å². The molecule has 0 aliphatic carbocycles. The van der Waals surface area contributed by atoms with Gasteiger partial charge in [-0.3, -0.25) is 9.59 Å². The van der Waals surface area contributed by atoms with Crippen LogP contribution in [0.1, 0.15) is 25.6 Å². The monoisotopic (exact) mass is 352 g/mol. The van der Waals surface area contributed by atoms with E-state index in [4.69, 9.17) is 0 Å². The summed E-state index contributed by atoms with van der Waals surface area (Å²) in [5, 5.41) is 7.24. The molecule has 0 fully saturated rings. The lowest BCUT2D eigenvalue weighted by Crippen LogP contribution is -2.18. The minimum atomic E-state index is -0.191. The fourth-order valence-corrected chi connectivity index (χ4v) is 3.12. The number of hydrogen-bond acceptors (Lipinski definition) is 3. The van der Waals surface area contributed by atoms with Gasteiger partial charge in [0.15, 0.2) is 0 Å². The molecule has 0 saturated heterocycles. The van der Waals surface area contributed by atoms with Crippen molar-refractivity contribution in [1.82, 2.24) is 5.32 Å². The maximum absolute atomic E-state index is 12.2. The van der Waals surface area contributed by atoms with E-state index in [-0.39, 0.29) is 11.8 Å². The van der Waals surface area contributed by atoms with E-state index in [9.17, 15) is 9.59 Å². The van der Waals surface area contributed by atoms with Crippen molar-refractivity contribution >= 4 is 44.8 Å². The summed E-state index contributed by atoms with van der Waals surface area (Å²) in [6, 6.07) is 7.04. The van der Waals surface area contributed by atoms with Crippen molar-refractivity contribution in [3.63, 3.8) is 0 Å². The molecule has 0 spiro atoms. The molecule has 0 atom stereocenters. The molecule has 1 heterocycles. The van der Waals surface area contributed by atoms with Crippen LogP contribution in [0, 0.1) is 6.92 Å². The Kier molecular flexibility index (Phi) is 4.57. The second kappa shape index (κ2) is 6.19. The third-order valence-corrected chi connectivity index (χ3v) is 4.63. The number of halogens is 1. The number of benzene rings is 1. The van der Waals surface area contributed by atoms with Gasteiger partial charge >= 0.3 is 0 Å². The SMILES string of the molecule is CNC(=O)c1ccc(C)c(NC(=O)c2sccc2Br)c1. The average Bonchev–Trinajstić information content (AvgIpc) is 2.86. The molecule has 0 bridgehead atoms. The van der Waals surface area contributed by atoms with E-state index in [0.29, 0.717) is 16.1 Å². The van der Waals surface area contributed by atoms with E-state index in [2.05, 4.69) is 26.6 Å². The Labute approximate surface area is 129 Å². The summed E-state index contributed by atoms with van der Waals surface area (Å²) in [6.07, 6.45) is 0. The Balaban J connectivity index is 2.27. The molecule has 1 aromatic heterocycles. The van der Waals surface area contributed by atoms with Crippen LogP contribution in [0.15, 0.2) is 34.1 Å². The van der Waals surface area contributed by atoms with E-state index in [0.717, 1.165) is 10.0 Å². The number of anilines is 1. The summed E-state index contributed by atoms with van der Waals surface area (Å²) in [4.78, 5) is 24.4. The molecule has 2 amide bonds. The van der Waals surface area contributed by atoms with Gasteiger partial charge in [0.2, 0.25) is 0 Å². The van der Waals surface area contributed by atoms with Crippen LogP contribution in [-0.4, -0.2) is 18.9 Å². The zero-order chi connectivity index (χ0) is 14.7. The summed E-state index contributed by atoms with van der Waals surface area (Å²) in [5.41, 5.74) is 2.05. The standard InChI is InChI=1S/C14H13BrN2O2S/c1-8-3-4-9(13(18)16-2)7-11(8)17-14(19)12-10(15)5-6-20-12/h3-7H,1-2H3,(H,16,18)(H,17,19). The van der Waals surface area contributed by atoms with Crippen molar-refractivity contribution in [3.05, 3.63) is 50.1 Å². The summed E-state index contributed by atoms with van der Waals surface area (Å²) < 4.78 is 0.764. The van der Waals surface area contributed by atoms with Gasteiger partial charge in [0, 0.05) is 22.8 Å². The molecule has 4 nitrogen and oxygen atoms in total. The van der Waals surface area contributed by atoms with E-state index in [1.54, 1.807) is 19.2 Å². The molecule has 20 heavy (non-hydrogen) atoms. The quantitative estimate of drug-likeness (QED) is 0.888. The van der Waals surface area contributed by atoms with Crippen LogP contribution in [-0.2, 0) is 0 Å². The molecule has 104 valence electrons. The Morgan fingerprint density at radius 2 is 1.95 bits per heavy atom. The van der Waals surface area contributed by atoms with Gasteiger partial charge in [0.05, 0.1) is 0 Å². The average molecular weight is 353 g/mol. The molecule has 0 saturated carbocycles. The number of aryl methyl sites for hydroxylation is 1. The maximum Gasteiger partial charge on any atom is 0.266 e. The summed E-state index contributed by atoms with van der Waals surface area (Å²) in [5.74, 6) is -0.373. The molecular formula is C14H13BrN2O2S. The Bertz CT molecular complexity index is 667. The van der Waals surface area contributed by atoms with Crippen LogP contribution in [0.4, 0.5) is 5.69 Å². The topological polar surface area (TPSA) is 58.2 Å². The second-order valence-electron chi connectivity index (χ2n) is 4.16. The zero-order valence-corrected chi connectivity index (χ0v) is 13.4. The number of rotatable bonds is 3. The maximum atomic E-state index is 12.2. The van der Waals surface area contributed by atoms with Crippen molar-refractivity contribution in [3.8, 4) is 0 Å². The first-order valence-corrected chi connectivity index (χ1v) is 7.57. The minimum absolute atomic E-state index is 0.183. The van der Waals surface area contributed by atoms with Gasteiger partial charge in [-0.15, -0.1) is 11.3 Å². The normalized spacial score (nSPS) is 10.2. The first kappa shape index (κ1) is 14.7. The van der Waals surface area contributed by atoms with Crippen molar-refractivity contribution in [2.24, 2.45) is 0 Å². The first-order valence-electron chi connectivity index (χ1n) is 5.90. The molecular weight excluding hydrogens is 340 g/mol. The molecule has 0 aliphatic rings. The summed E-state index contributed by atoms with van der Waals surface area (Å²) in [6.45, 7) is 1.88. The largest absolute Gasteiger partial charge is 0.355 e. The van der Waals surface area contributed by atoms with E-state index < -0.39 is 0 Å². The molecule has 2 rings (SSSR count). The highest BCUT2D eigenvalue weighted by atomic mass is 79.9. The third-order valence-electron chi connectivity index (χ3n) is 2.80. The number of nitrogens with one attached hydrogen (secondary N) is 2. The first-order chi connectivity index (χ1) is 9.52.